The molecule has 2 aliphatic rings. The lowest BCUT2D eigenvalue weighted by Gasteiger charge is -2.32. The van der Waals surface area contributed by atoms with E-state index < -0.39 is 0 Å². The average molecular weight is 285 g/mol. The summed E-state index contributed by atoms with van der Waals surface area (Å²) in [6, 6.07) is 4.66. The molecular formula is C14H18Cl2N2. The summed E-state index contributed by atoms with van der Waals surface area (Å²) in [4.78, 5) is 7.09. The van der Waals surface area contributed by atoms with Gasteiger partial charge in [0, 0.05) is 12.6 Å². The molecule has 1 aliphatic heterocycles. The molecule has 1 saturated heterocycles. The summed E-state index contributed by atoms with van der Waals surface area (Å²) in [5, 5.41) is 0.674. The highest BCUT2D eigenvalue weighted by atomic mass is 35.5. The Morgan fingerprint density at radius 2 is 2.06 bits per heavy atom. The highest BCUT2D eigenvalue weighted by molar-refractivity contribution is 6.32. The Kier molecular flexibility index (Phi) is 3.67. The molecule has 2 nitrogen and oxygen atoms in total. The zero-order chi connectivity index (χ0) is 12.5. The molecule has 1 aromatic heterocycles. The van der Waals surface area contributed by atoms with Gasteiger partial charge in [-0.1, -0.05) is 24.4 Å². The molecule has 0 radical (unpaired) electrons. The number of pyridine rings is 1. The predicted molar refractivity (Wildman–Crippen MR) is 76.5 cm³/mol. The molecule has 0 aromatic carbocycles. The Morgan fingerprint density at radius 1 is 1.22 bits per heavy atom. The quantitative estimate of drug-likeness (QED) is 0.755. The monoisotopic (exact) mass is 284 g/mol. The molecule has 2 unspecified atom stereocenters. The molecule has 1 saturated carbocycles. The van der Waals surface area contributed by atoms with Crippen molar-refractivity contribution < 1.29 is 0 Å². The van der Waals surface area contributed by atoms with E-state index in [1.807, 2.05) is 12.1 Å². The Balaban J connectivity index is 1.86. The van der Waals surface area contributed by atoms with Crippen LogP contribution in [-0.4, -0.2) is 17.6 Å². The maximum Gasteiger partial charge on any atom is 0.129 e. The van der Waals surface area contributed by atoms with Crippen LogP contribution in [0.15, 0.2) is 12.1 Å². The van der Waals surface area contributed by atoms with Gasteiger partial charge in [0.05, 0.1) is 16.6 Å². The van der Waals surface area contributed by atoms with Crippen LogP contribution in [0.4, 0.5) is 5.82 Å². The number of anilines is 1. The van der Waals surface area contributed by atoms with E-state index in [2.05, 4.69) is 9.88 Å². The predicted octanol–water partition coefficient (Wildman–Crippen LogP) is 4.24. The largest absolute Gasteiger partial charge is 0.353 e. The first-order chi connectivity index (χ1) is 8.79. The number of halogens is 2. The van der Waals surface area contributed by atoms with Crippen LogP contribution in [0.2, 0.25) is 5.02 Å². The average Bonchev–Trinajstić information content (AvgIpc) is 2.83. The summed E-state index contributed by atoms with van der Waals surface area (Å²) >= 11 is 12.0. The van der Waals surface area contributed by atoms with E-state index in [-0.39, 0.29) is 0 Å². The van der Waals surface area contributed by atoms with Crippen LogP contribution in [0.3, 0.4) is 0 Å². The lowest BCUT2D eigenvalue weighted by Crippen LogP contribution is -2.35. The topological polar surface area (TPSA) is 16.1 Å². The third-order valence-electron chi connectivity index (χ3n) is 4.33. The molecule has 18 heavy (non-hydrogen) atoms. The number of aromatic nitrogens is 1. The molecule has 2 atom stereocenters. The number of hydrogen-bond acceptors (Lipinski definition) is 2. The minimum absolute atomic E-state index is 0.384. The number of rotatable bonds is 2. The van der Waals surface area contributed by atoms with Crippen molar-refractivity contribution in [2.75, 3.05) is 11.4 Å². The van der Waals surface area contributed by atoms with Crippen molar-refractivity contribution in [2.45, 2.75) is 44.0 Å². The molecular weight excluding hydrogens is 267 g/mol. The van der Waals surface area contributed by atoms with Crippen LogP contribution >= 0.6 is 23.2 Å². The second-order valence-corrected chi connectivity index (χ2v) is 6.00. The molecule has 2 heterocycles. The molecule has 0 spiro atoms. The smallest absolute Gasteiger partial charge is 0.129 e. The molecule has 0 amide bonds. The van der Waals surface area contributed by atoms with Crippen LogP contribution in [0, 0.1) is 5.92 Å². The van der Waals surface area contributed by atoms with E-state index in [9.17, 15) is 0 Å². The van der Waals surface area contributed by atoms with Gasteiger partial charge < -0.3 is 4.90 Å². The summed E-state index contributed by atoms with van der Waals surface area (Å²) in [6.07, 6.45) is 6.76. The molecule has 98 valence electrons. The molecule has 0 N–H and O–H groups in total. The first-order valence-corrected chi connectivity index (χ1v) is 7.69. The van der Waals surface area contributed by atoms with Crippen LogP contribution < -0.4 is 4.90 Å². The van der Waals surface area contributed by atoms with Gasteiger partial charge in [-0.3, -0.25) is 0 Å². The van der Waals surface area contributed by atoms with Crippen molar-refractivity contribution >= 4 is 29.0 Å². The lowest BCUT2D eigenvalue weighted by atomic mass is 9.85. The number of hydrogen-bond donors (Lipinski definition) is 0. The van der Waals surface area contributed by atoms with Crippen LogP contribution in [0.1, 0.15) is 37.8 Å². The minimum Gasteiger partial charge on any atom is -0.353 e. The van der Waals surface area contributed by atoms with Crippen molar-refractivity contribution in [3.63, 3.8) is 0 Å². The summed E-state index contributed by atoms with van der Waals surface area (Å²) in [6.45, 7) is 1.13. The van der Waals surface area contributed by atoms with E-state index in [0.717, 1.165) is 24.0 Å². The van der Waals surface area contributed by atoms with Gasteiger partial charge in [0.1, 0.15) is 5.82 Å². The summed E-state index contributed by atoms with van der Waals surface area (Å²) in [7, 11) is 0. The van der Waals surface area contributed by atoms with Crippen LogP contribution in [-0.2, 0) is 5.88 Å². The molecule has 4 heteroatoms. The SMILES string of the molecule is ClCc1nc(N2CCC3CCCCC32)ccc1Cl. The first kappa shape index (κ1) is 12.6. The Morgan fingerprint density at radius 3 is 2.89 bits per heavy atom. The van der Waals surface area contributed by atoms with Gasteiger partial charge in [0.15, 0.2) is 0 Å². The molecule has 0 bridgehead atoms. The van der Waals surface area contributed by atoms with Gasteiger partial charge in [-0.05, 0) is 37.3 Å². The normalized spacial score (nSPS) is 27.3. The van der Waals surface area contributed by atoms with Crippen molar-refractivity contribution in [1.82, 2.24) is 4.98 Å². The first-order valence-electron chi connectivity index (χ1n) is 6.77. The minimum atomic E-state index is 0.384. The van der Waals surface area contributed by atoms with Crippen LogP contribution in [0.5, 0.6) is 0 Å². The highest BCUT2D eigenvalue weighted by Crippen LogP contribution is 2.38. The molecule has 1 aliphatic carbocycles. The van der Waals surface area contributed by atoms with Gasteiger partial charge in [-0.15, -0.1) is 11.6 Å². The fourth-order valence-corrected chi connectivity index (χ4v) is 3.86. The molecule has 2 fully saturated rings. The van der Waals surface area contributed by atoms with Crippen LogP contribution in [0.25, 0.3) is 0 Å². The molecule has 1 aromatic rings. The lowest BCUT2D eigenvalue weighted by molar-refractivity contribution is 0.341. The van der Waals surface area contributed by atoms with E-state index in [4.69, 9.17) is 23.2 Å². The maximum atomic E-state index is 6.07. The standard InChI is InChI=1S/C14H18Cl2N2/c15-9-12-11(16)5-6-14(17-12)18-8-7-10-3-1-2-4-13(10)18/h5-6,10,13H,1-4,7-9H2. The highest BCUT2D eigenvalue weighted by Gasteiger charge is 2.36. The molecule has 3 rings (SSSR count). The number of nitrogens with zero attached hydrogens (tertiary/aromatic N) is 2. The van der Waals surface area contributed by atoms with Gasteiger partial charge in [-0.2, -0.15) is 0 Å². The van der Waals surface area contributed by atoms with Gasteiger partial charge in [0.25, 0.3) is 0 Å². The van der Waals surface area contributed by atoms with Gasteiger partial charge in [-0.25, -0.2) is 4.98 Å². The number of fused-ring (bicyclic) bond motifs is 1. The van der Waals surface area contributed by atoms with Crippen molar-refractivity contribution in [3.05, 3.63) is 22.8 Å². The Hall–Kier alpha value is -0.470. The summed E-state index contributed by atoms with van der Waals surface area (Å²) in [5.74, 6) is 2.31. The van der Waals surface area contributed by atoms with Crippen molar-refractivity contribution in [2.24, 2.45) is 5.92 Å². The van der Waals surface area contributed by atoms with Crippen molar-refractivity contribution in [3.8, 4) is 0 Å². The maximum absolute atomic E-state index is 6.07. The van der Waals surface area contributed by atoms with Gasteiger partial charge in [0.2, 0.25) is 0 Å². The Labute approximate surface area is 118 Å². The van der Waals surface area contributed by atoms with Crippen molar-refractivity contribution in [1.29, 1.82) is 0 Å². The fourth-order valence-electron chi connectivity index (χ4n) is 3.42. The second kappa shape index (κ2) is 5.26. The third kappa shape index (κ3) is 2.21. The van der Waals surface area contributed by atoms with E-state index in [1.54, 1.807) is 0 Å². The zero-order valence-corrected chi connectivity index (χ0v) is 11.9. The third-order valence-corrected chi connectivity index (χ3v) is 4.93. The van der Waals surface area contributed by atoms with E-state index in [0.29, 0.717) is 16.9 Å². The second-order valence-electron chi connectivity index (χ2n) is 5.33. The zero-order valence-electron chi connectivity index (χ0n) is 10.4. The summed E-state index contributed by atoms with van der Waals surface area (Å²) < 4.78 is 0. The number of alkyl halides is 1. The van der Waals surface area contributed by atoms with E-state index >= 15 is 0 Å². The summed E-state index contributed by atoms with van der Waals surface area (Å²) in [5.41, 5.74) is 0.801. The van der Waals surface area contributed by atoms with Gasteiger partial charge >= 0.3 is 0 Å². The Bertz CT molecular complexity index is 436. The fraction of sp³-hybridized carbons (Fsp3) is 0.643. The van der Waals surface area contributed by atoms with E-state index in [1.165, 1.54) is 32.1 Å².